The van der Waals surface area contributed by atoms with E-state index in [1.54, 1.807) is 20.1 Å². The molecule has 5 heteroatoms. The van der Waals surface area contributed by atoms with Crippen molar-refractivity contribution in [3.05, 3.63) is 45.8 Å². The Kier molecular flexibility index (Phi) is 3.05. The van der Waals surface area contributed by atoms with Gasteiger partial charge in [0.25, 0.3) is 0 Å². The second-order valence-corrected chi connectivity index (χ2v) is 4.96. The van der Waals surface area contributed by atoms with Gasteiger partial charge in [-0.3, -0.25) is 0 Å². The molecule has 0 spiro atoms. The van der Waals surface area contributed by atoms with Gasteiger partial charge in [0, 0.05) is 11.1 Å². The van der Waals surface area contributed by atoms with Crippen LogP contribution in [0.25, 0.3) is 22.3 Å². The second kappa shape index (κ2) is 4.77. The van der Waals surface area contributed by atoms with Crippen LogP contribution in [0, 0.1) is 20.8 Å². The Bertz CT molecular complexity index is 889. The maximum Gasteiger partial charge on any atom is 0.339 e. The summed E-state index contributed by atoms with van der Waals surface area (Å²) in [6.45, 7) is 5.48. The first kappa shape index (κ1) is 13.4. The molecule has 0 fully saturated rings. The Morgan fingerprint density at radius 3 is 2.52 bits per heavy atom. The zero-order valence-electron chi connectivity index (χ0n) is 12.3. The first-order chi connectivity index (χ1) is 10.0. The molecule has 1 aromatic carbocycles. The third-order valence-electron chi connectivity index (χ3n) is 3.74. The minimum atomic E-state index is -0.339. The average molecular weight is 285 g/mol. The number of ether oxygens (including phenoxy) is 1. The lowest BCUT2D eigenvalue weighted by Crippen LogP contribution is -2.06. The zero-order valence-corrected chi connectivity index (χ0v) is 12.3. The summed E-state index contributed by atoms with van der Waals surface area (Å²) in [7, 11) is 1.59. The predicted octanol–water partition coefficient (Wildman–Crippen LogP) is 3.38. The van der Waals surface area contributed by atoms with Gasteiger partial charge < -0.3 is 13.6 Å². The first-order valence-electron chi connectivity index (χ1n) is 6.55. The summed E-state index contributed by atoms with van der Waals surface area (Å²) in [6, 6.07) is 3.64. The number of aryl methyl sites for hydroxylation is 2. The summed E-state index contributed by atoms with van der Waals surface area (Å²) in [5.41, 5.74) is 3.12. The standard InChI is InChI=1S/C16H15NO4/c1-8-9(2)16(18)21-13-6-11(5-12(19-4)14(8)13)15-10(3)17-7-20-15/h5-7H,1-4H3. The van der Waals surface area contributed by atoms with Crippen LogP contribution in [0.4, 0.5) is 0 Å². The van der Waals surface area contributed by atoms with Gasteiger partial charge in [0.15, 0.2) is 12.2 Å². The fraction of sp³-hybridized carbons (Fsp3) is 0.250. The van der Waals surface area contributed by atoms with E-state index in [2.05, 4.69) is 4.98 Å². The largest absolute Gasteiger partial charge is 0.496 e. The van der Waals surface area contributed by atoms with Crippen LogP contribution in [-0.4, -0.2) is 12.1 Å². The molecule has 0 aliphatic heterocycles. The van der Waals surface area contributed by atoms with Crippen LogP contribution in [0.1, 0.15) is 16.8 Å². The van der Waals surface area contributed by atoms with E-state index in [9.17, 15) is 4.79 Å². The van der Waals surface area contributed by atoms with Gasteiger partial charge in [0.2, 0.25) is 0 Å². The van der Waals surface area contributed by atoms with Crippen molar-refractivity contribution >= 4 is 11.0 Å². The van der Waals surface area contributed by atoms with Crippen LogP contribution in [0.5, 0.6) is 5.75 Å². The van der Waals surface area contributed by atoms with Gasteiger partial charge >= 0.3 is 5.63 Å². The van der Waals surface area contributed by atoms with Crippen molar-refractivity contribution in [2.75, 3.05) is 7.11 Å². The summed E-state index contributed by atoms with van der Waals surface area (Å²) in [4.78, 5) is 16.0. The van der Waals surface area contributed by atoms with Crippen LogP contribution in [0.3, 0.4) is 0 Å². The lowest BCUT2D eigenvalue weighted by Gasteiger charge is -2.11. The third kappa shape index (κ3) is 2.01. The molecule has 5 nitrogen and oxygen atoms in total. The van der Waals surface area contributed by atoms with E-state index in [1.165, 1.54) is 6.39 Å². The van der Waals surface area contributed by atoms with Crippen LogP contribution in [0.15, 0.2) is 32.2 Å². The highest BCUT2D eigenvalue weighted by Crippen LogP contribution is 2.35. The van der Waals surface area contributed by atoms with Crippen LogP contribution >= 0.6 is 0 Å². The summed E-state index contributed by atoms with van der Waals surface area (Å²) in [5.74, 6) is 1.28. The number of methoxy groups -OCH3 is 1. The Morgan fingerprint density at radius 2 is 1.90 bits per heavy atom. The Morgan fingerprint density at radius 1 is 1.14 bits per heavy atom. The maximum absolute atomic E-state index is 11.9. The molecule has 0 saturated heterocycles. The van der Waals surface area contributed by atoms with Gasteiger partial charge in [0.05, 0.1) is 18.2 Å². The summed E-state index contributed by atoms with van der Waals surface area (Å²) < 4.78 is 16.3. The predicted molar refractivity (Wildman–Crippen MR) is 78.7 cm³/mol. The number of nitrogens with zero attached hydrogens (tertiary/aromatic N) is 1. The number of fused-ring (bicyclic) bond motifs is 1. The SMILES string of the molecule is COc1cc(-c2ocnc2C)cc2oc(=O)c(C)c(C)c12. The van der Waals surface area contributed by atoms with E-state index in [0.717, 1.165) is 22.2 Å². The van der Waals surface area contributed by atoms with E-state index < -0.39 is 0 Å². The number of hydrogen-bond donors (Lipinski definition) is 0. The smallest absolute Gasteiger partial charge is 0.339 e. The molecule has 0 unspecified atom stereocenters. The molecule has 108 valence electrons. The fourth-order valence-electron chi connectivity index (χ4n) is 2.43. The molecule has 0 amide bonds. The molecule has 0 N–H and O–H groups in total. The number of rotatable bonds is 2. The number of aromatic nitrogens is 1. The molecule has 0 atom stereocenters. The highest BCUT2D eigenvalue weighted by molar-refractivity contribution is 5.91. The number of benzene rings is 1. The second-order valence-electron chi connectivity index (χ2n) is 4.96. The third-order valence-corrected chi connectivity index (χ3v) is 3.74. The van der Waals surface area contributed by atoms with Crippen LogP contribution < -0.4 is 10.4 Å². The quantitative estimate of drug-likeness (QED) is 0.675. The molecular weight excluding hydrogens is 270 g/mol. The Hall–Kier alpha value is -2.56. The lowest BCUT2D eigenvalue weighted by atomic mass is 10.0. The van der Waals surface area contributed by atoms with Gasteiger partial charge in [0.1, 0.15) is 11.3 Å². The van der Waals surface area contributed by atoms with Crippen molar-refractivity contribution in [1.82, 2.24) is 4.98 Å². The molecule has 3 rings (SSSR count). The molecule has 3 aromatic rings. The van der Waals surface area contributed by atoms with Gasteiger partial charge in [-0.05, 0) is 38.5 Å². The molecule has 0 saturated carbocycles. The van der Waals surface area contributed by atoms with Gasteiger partial charge in [-0.15, -0.1) is 0 Å². The highest BCUT2D eigenvalue weighted by atomic mass is 16.5. The monoisotopic (exact) mass is 285 g/mol. The minimum Gasteiger partial charge on any atom is -0.496 e. The minimum absolute atomic E-state index is 0.339. The normalized spacial score (nSPS) is 11.0. The van der Waals surface area contributed by atoms with Crippen molar-refractivity contribution < 1.29 is 13.6 Å². The fourth-order valence-corrected chi connectivity index (χ4v) is 2.43. The van der Waals surface area contributed by atoms with E-state index in [4.69, 9.17) is 13.6 Å². The lowest BCUT2D eigenvalue weighted by molar-refractivity contribution is 0.418. The summed E-state index contributed by atoms with van der Waals surface area (Å²) in [5, 5.41) is 0.801. The topological polar surface area (TPSA) is 65.5 Å². The number of hydrogen-bond acceptors (Lipinski definition) is 5. The molecule has 0 aliphatic rings. The molecular formula is C16H15NO4. The Balaban J connectivity index is 2.40. The zero-order chi connectivity index (χ0) is 15.1. The van der Waals surface area contributed by atoms with E-state index >= 15 is 0 Å². The van der Waals surface area contributed by atoms with E-state index in [0.29, 0.717) is 22.7 Å². The molecule has 2 aromatic heterocycles. The average Bonchev–Trinajstić information content (AvgIpc) is 2.89. The molecule has 0 bridgehead atoms. The number of oxazole rings is 1. The summed E-state index contributed by atoms with van der Waals surface area (Å²) in [6.07, 6.45) is 1.39. The molecule has 21 heavy (non-hydrogen) atoms. The van der Waals surface area contributed by atoms with E-state index in [1.807, 2.05) is 19.9 Å². The Labute approximate surface area is 121 Å². The van der Waals surface area contributed by atoms with Crippen molar-refractivity contribution in [3.63, 3.8) is 0 Å². The highest BCUT2D eigenvalue weighted by Gasteiger charge is 2.16. The van der Waals surface area contributed by atoms with Crippen LogP contribution in [0.2, 0.25) is 0 Å². The molecule has 0 aliphatic carbocycles. The maximum atomic E-state index is 11.9. The van der Waals surface area contributed by atoms with Gasteiger partial charge in [-0.1, -0.05) is 0 Å². The van der Waals surface area contributed by atoms with Crippen molar-refractivity contribution in [2.45, 2.75) is 20.8 Å². The summed E-state index contributed by atoms with van der Waals surface area (Å²) >= 11 is 0. The van der Waals surface area contributed by atoms with Gasteiger partial charge in [-0.25, -0.2) is 9.78 Å². The first-order valence-corrected chi connectivity index (χ1v) is 6.55. The molecule has 2 heterocycles. The van der Waals surface area contributed by atoms with Crippen molar-refractivity contribution in [2.24, 2.45) is 0 Å². The van der Waals surface area contributed by atoms with Gasteiger partial charge in [-0.2, -0.15) is 0 Å². The van der Waals surface area contributed by atoms with Crippen molar-refractivity contribution in [3.8, 4) is 17.1 Å². The van der Waals surface area contributed by atoms with Crippen molar-refractivity contribution in [1.29, 1.82) is 0 Å². The van der Waals surface area contributed by atoms with Crippen LogP contribution in [-0.2, 0) is 0 Å². The van der Waals surface area contributed by atoms with E-state index in [-0.39, 0.29) is 5.63 Å². The molecule has 0 radical (unpaired) electrons.